The molecule has 0 saturated heterocycles. The summed E-state index contributed by atoms with van der Waals surface area (Å²) in [5.41, 5.74) is 0.759. The molecule has 0 saturated carbocycles. The van der Waals surface area contributed by atoms with Crippen LogP contribution in [0.1, 0.15) is 16.8 Å². The van der Waals surface area contributed by atoms with Crippen LogP contribution < -0.4 is 5.32 Å². The molecule has 1 aromatic carbocycles. The van der Waals surface area contributed by atoms with Gasteiger partial charge in [0, 0.05) is 17.0 Å². The summed E-state index contributed by atoms with van der Waals surface area (Å²) in [6, 6.07) is 7.71. The minimum Gasteiger partial charge on any atom is -0.372 e. The first-order valence-electron chi connectivity index (χ1n) is 5.24. The van der Waals surface area contributed by atoms with Crippen molar-refractivity contribution in [2.45, 2.75) is 11.3 Å². The number of ketones is 1. The van der Waals surface area contributed by atoms with Crippen LogP contribution >= 0.6 is 11.8 Å². The van der Waals surface area contributed by atoms with Crippen molar-refractivity contribution in [2.75, 3.05) is 19.3 Å². The van der Waals surface area contributed by atoms with Gasteiger partial charge in [0.15, 0.2) is 5.78 Å². The van der Waals surface area contributed by atoms with E-state index in [-0.39, 0.29) is 5.78 Å². The van der Waals surface area contributed by atoms with Crippen LogP contribution in [0, 0.1) is 0 Å². The van der Waals surface area contributed by atoms with Gasteiger partial charge < -0.3 is 5.32 Å². The molecule has 0 aliphatic carbocycles. The number of benzene rings is 1. The number of rotatable bonds is 4. The van der Waals surface area contributed by atoms with Gasteiger partial charge in [0.1, 0.15) is 5.84 Å². The third-order valence-corrected chi connectivity index (χ3v) is 3.23. The van der Waals surface area contributed by atoms with Gasteiger partial charge in [-0.1, -0.05) is 12.1 Å². The molecule has 0 aromatic heterocycles. The van der Waals surface area contributed by atoms with Crippen LogP contribution in [0.15, 0.2) is 34.2 Å². The Balaban J connectivity index is 2.02. The Hall–Kier alpha value is -1.29. The second-order valence-electron chi connectivity index (χ2n) is 3.58. The van der Waals surface area contributed by atoms with E-state index in [1.807, 2.05) is 30.5 Å². The number of thioether (sulfide) groups is 1. The number of hydrogen-bond donors (Lipinski definition) is 1. The average Bonchev–Trinajstić information content (AvgIpc) is 2.82. The highest BCUT2D eigenvalue weighted by Gasteiger charge is 2.12. The van der Waals surface area contributed by atoms with Gasteiger partial charge in [-0.05, 0) is 18.4 Å². The first-order chi connectivity index (χ1) is 7.79. The molecule has 0 fully saturated rings. The zero-order valence-electron chi connectivity index (χ0n) is 9.19. The fourth-order valence-electron chi connectivity index (χ4n) is 1.60. The molecule has 16 heavy (non-hydrogen) atoms. The lowest BCUT2D eigenvalue weighted by Crippen LogP contribution is -2.21. The maximum absolute atomic E-state index is 11.9. The van der Waals surface area contributed by atoms with E-state index in [0.29, 0.717) is 6.42 Å². The summed E-state index contributed by atoms with van der Waals surface area (Å²) in [4.78, 5) is 17.3. The van der Waals surface area contributed by atoms with Crippen molar-refractivity contribution >= 4 is 23.4 Å². The summed E-state index contributed by atoms with van der Waals surface area (Å²) in [6.45, 7) is 1.64. The highest BCUT2D eigenvalue weighted by molar-refractivity contribution is 7.98. The molecule has 0 atom stereocenters. The second kappa shape index (κ2) is 5.16. The molecular formula is C12H14N2OS. The lowest BCUT2D eigenvalue weighted by atomic mass is 10.1. The van der Waals surface area contributed by atoms with Crippen molar-refractivity contribution in [1.82, 2.24) is 5.32 Å². The van der Waals surface area contributed by atoms with E-state index in [9.17, 15) is 4.79 Å². The van der Waals surface area contributed by atoms with E-state index in [0.717, 1.165) is 24.5 Å². The number of nitrogens with one attached hydrogen (secondary N) is 1. The van der Waals surface area contributed by atoms with Gasteiger partial charge in [-0.2, -0.15) is 0 Å². The Morgan fingerprint density at radius 3 is 2.75 bits per heavy atom. The molecule has 0 unspecified atom stereocenters. The standard InChI is InChI=1S/C12H14N2OS/c1-16-10-4-2-9(3-5-10)11(15)8-12-13-6-7-14-12/h2-5H,6-8H2,1H3,(H,13,14). The van der Waals surface area contributed by atoms with Crippen molar-refractivity contribution in [3.63, 3.8) is 0 Å². The van der Waals surface area contributed by atoms with Gasteiger partial charge in [0.05, 0.1) is 13.0 Å². The second-order valence-corrected chi connectivity index (χ2v) is 4.46. The van der Waals surface area contributed by atoms with Crippen molar-refractivity contribution in [3.05, 3.63) is 29.8 Å². The van der Waals surface area contributed by atoms with Crippen LogP contribution in [0.5, 0.6) is 0 Å². The van der Waals surface area contributed by atoms with Gasteiger partial charge in [-0.25, -0.2) is 0 Å². The highest BCUT2D eigenvalue weighted by Crippen LogP contribution is 2.15. The van der Waals surface area contributed by atoms with Crippen LogP contribution in [0.25, 0.3) is 0 Å². The summed E-state index contributed by atoms with van der Waals surface area (Å²) in [5.74, 6) is 0.944. The first-order valence-corrected chi connectivity index (χ1v) is 6.46. The molecule has 84 valence electrons. The number of nitrogens with zero attached hydrogens (tertiary/aromatic N) is 1. The summed E-state index contributed by atoms with van der Waals surface area (Å²) in [6.07, 6.45) is 2.41. The molecule has 4 heteroatoms. The van der Waals surface area contributed by atoms with Crippen molar-refractivity contribution in [2.24, 2.45) is 4.99 Å². The van der Waals surface area contributed by atoms with E-state index in [1.54, 1.807) is 11.8 Å². The largest absolute Gasteiger partial charge is 0.372 e. The Bertz CT molecular complexity index is 412. The van der Waals surface area contributed by atoms with Gasteiger partial charge in [0.2, 0.25) is 0 Å². The summed E-state index contributed by atoms with van der Waals surface area (Å²) in [5, 5.41) is 3.10. The first kappa shape index (κ1) is 11.2. The number of carbonyl (C=O) groups excluding carboxylic acids is 1. The number of carbonyl (C=O) groups is 1. The monoisotopic (exact) mass is 234 g/mol. The Morgan fingerprint density at radius 2 is 2.19 bits per heavy atom. The summed E-state index contributed by atoms with van der Waals surface area (Å²) in [7, 11) is 0. The predicted molar refractivity (Wildman–Crippen MR) is 67.5 cm³/mol. The molecule has 1 aliphatic heterocycles. The third kappa shape index (κ3) is 2.64. The van der Waals surface area contributed by atoms with Crippen LogP contribution in [-0.4, -0.2) is 31.0 Å². The van der Waals surface area contributed by atoms with Crippen molar-refractivity contribution in [1.29, 1.82) is 0 Å². The molecule has 0 bridgehead atoms. The fourth-order valence-corrected chi connectivity index (χ4v) is 2.00. The maximum atomic E-state index is 11.9. The Kier molecular flexibility index (Phi) is 3.62. The number of aliphatic imine (C=N–C) groups is 1. The minimum absolute atomic E-state index is 0.126. The van der Waals surface area contributed by atoms with Crippen LogP contribution in [0.2, 0.25) is 0 Å². The third-order valence-electron chi connectivity index (χ3n) is 2.48. The zero-order chi connectivity index (χ0) is 11.4. The van der Waals surface area contributed by atoms with Gasteiger partial charge in [-0.3, -0.25) is 9.79 Å². The van der Waals surface area contributed by atoms with Gasteiger partial charge >= 0.3 is 0 Å². The molecule has 1 N–H and O–H groups in total. The zero-order valence-corrected chi connectivity index (χ0v) is 10.0. The maximum Gasteiger partial charge on any atom is 0.170 e. The molecule has 2 rings (SSSR count). The topological polar surface area (TPSA) is 41.5 Å². The number of hydrogen-bond acceptors (Lipinski definition) is 4. The molecule has 1 aromatic rings. The van der Waals surface area contributed by atoms with Crippen LogP contribution in [0.4, 0.5) is 0 Å². The minimum atomic E-state index is 0.126. The smallest absolute Gasteiger partial charge is 0.170 e. The lowest BCUT2D eigenvalue weighted by molar-refractivity contribution is 0.1000. The lowest BCUT2D eigenvalue weighted by Gasteiger charge is -2.03. The molecule has 1 aliphatic rings. The summed E-state index contributed by atoms with van der Waals surface area (Å²) < 4.78 is 0. The Labute approximate surface area is 99.3 Å². The van der Waals surface area contributed by atoms with E-state index >= 15 is 0 Å². The van der Waals surface area contributed by atoms with Gasteiger partial charge in [-0.15, -0.1) is 11.8 Å². The normalized spacial score (nSPS) is 14.4. The molecule has 3 nitrogen and oxygen atoms in total. The highest BCUT2D eigenvalue weighted by atomic mass is 32.2. The van der Waals surface area contributed by atoms with Gasteiger partial charge in [0.25, 0.3) is 0 Å². The molecule has 0 amide bonds. The van der Waals surface area contributed by atoms with E-state index < -0.39 is 0 Å². The number of Topliss-reactive ketones (excluding diaryl/α,β-unsaturated/α-hetero) is 1. The Morgan fingerprint density at radius 1 is 1.44 bits per heavy atom. The molecule has 0 spiro atoms. The molecular weight excluding hydrogens is 220 g/mol. The quantitative estimate of drug-likeness (QED) is 0.640. The van der Waals surface area contributed by atoms with E-state index in [2.05, 4.69) is 10.3 Å². The van der Waals surface area contributed by atoms with Crippen molar-refractivity contribution in [3.8, 4) is 0 Å². The molecule has 0 radical (unpaired) electrons. The summed E-state index contributed by atoms with van der Waals surface area (Å²) >= 11 is 1.67. The van der Waals surface area contributed by atoms with Crippen LogP contribution in [-0.2, 0) is 0 Å². The fraction of sp³-hybridized carbons (Fsp3) is 0.333. The van der Waals surface area contributed by atoms with Crippen molar-refractivity contribution < 1.29 is 4.79 Å². The van der Waals surface area contributed by atoms with Crippen LogP contribution in [0.3, 0.4) is 0 Å². The SMILES string of the molecule is CSc1ccc(C(=O)CC2=NCCN2)cc1. The van der Waals surface area contributed by atoms with E-state index in [1.165, 1.54) is 4.90 Å². The molecule has 1 heterocycles. The van der Waals surface area contributed by atoms with E-state index in [4.69, 9.17) is 0 Å². The average molecular weight is 234 g/mol. The number of amidine groups is 1. The predicted octanol–water partition coefficient (Wildman–Crippen LogP) is 1.98.